The van der Waals surface area contributed by atoms with Crippen LogP contribution in [0.15, 0.2) is 48.5 Å². The SMILES string of the molecule is CC(=O)N(Nc1ccccc1)c1c(Cl)cccc1C(=O)O. The number of aromatic carboxylic acids is 1. The third-order valence-electron chi connectivity index (χ3n) is 2.77. The first kappa shape index (κ1) is 14.9. The zero-order chi connectivity index (χ0) is 15.4. The lowest BCUT2D eigenvalue weighted by Crippen LogP contribution is -2.35. The van der Waals surface area contributed by atoms with Crippen LogP contribution in [0.25, 0.3) is 0 Å². The normalized spacial score (nSPS) is 10.0. The minimum absolute atomic E-state index is 0.0545. The van der Waals surface area contributed by atoms with Gasteiger partial charge < -0.3 is 5.11 Å². The van der Waals surface area contributed by atoms with Gasteiger partial charge in [0.1, 0.15) is 0 Å². The number of nitrogens with zero attached hydrogens (tertiary/aromatic N) is 1. The maximum absolute atomic E-state index is 11.9. The Hall–Kier alpha value is -2.53. The number of amides is 1. The molecule has 0 saturated heterocycles. The molecule has 21 heavy (non-hydrogen) atoms. The molecule has 6 heteroatoms. The third-order valence-corrected chi connectivity index (χ3v) is 3.08. The summed E-state index contributed by atoms with van der Waals surface area (Å²) in [7, 11) is 0. The monoisotopic (exact) mass is 304 g/mol. The zero-order valence-electron chi connectivity index (χ0n) is 11.2. The van der Waals surface area contributed by atoms with Crippen LogP contribution >= 0.6 is 11.6 Å². The molecular weight excluding hydrogens is 292 g/mol. The first-order chi connectivity index (χ1) is 10.0. The van der Waals surface area contributed by atoms with Gasteiger partial charge in [-0.05, 0) is 24.3 Å². The molecule has 0 atom stereocenters. The molecule has 0 aromatic heterocycles. The van der Waals surface area contributed by atoms with Crippen LogP contribution in [0.3, 0.4) is 0 Å². The van der Waals surface area contributed by atoms with Crippen molar-refractivity contribution < 1.29 is 14.7 Å². The fourth-order valence-corrected chi connectivity index (χ4v) is 2.11. The Morgan fingerprint density at radius 2 is 1.76 bits per heavy atom. The summed E-state index contributed by atoms with van der Waals surface area (Å²) < 4.78 is 0. The number of hydrazine groups is 1. The number of benzene rings is 2. The highest BCUT2D eigenvalue weighted by Gasteiger charge is 2.22. The van der Waals surface area contributed by atoms with Gasteiger partial charge in [-0.25, -0.2) is 9.80 Å². The van der Waals surface area contributed by atoms with Crippen LogP contribution in [-0.4, -0.2) is 17.0 Å². The second-order valence-electron chi connectivity index (χ2n) is 4.27. The standard InChI is InChI=1S/C15H13ClN2O3/c1-10(19)18(17-11-6-3-2-4-7-11)14-12(15(20)21)8-5-9-13(14)16/h2-9,17H,1H3,(H,20,21). The van der Waals surface area contributed by atoms with E-state index < -0.39 is 5.97 Å². The molecule has 2 N–H and O–H groups in total. The molecule has 2 aromatic carbocycles. The van der Waals surface area contributed by atoms with E-state index >= 15 is 0 Å². The number of hydrogen-bond acceptors (Lipinski definition) is 3. The second-order valence-corrected chi connectivity index (χ2v) is 4.68. The van der Waals surface area contributed by atoms with E-state index in [1.54, 1.807) is 24.3 Å². The van der Waals surface area contributed by atoms with E-state index in [2.05, 4.69) is 5.43 Å². The van der Waals surface area contributed by atoms with Gasteiger partial charge in [0, 0.05) is 6.92 Å². The van der Waals surface area contributed by atoms with E-state index in [9.17, 15) is 14.7 Å². The Morgan fingerprint density at radius 1 is 1.10 bits per heavy atom. The van der Waals surface area contributed by atoms with E-state index in [0.717, 1.165) is 5.01 Å². The highest BCUT2D eigenvalue weighted by molar-refractivity contribution is 6.34. The van der Waals surface area contributed by atoms with Crippen molar-refractivity contribution in [3.63, 3.8) is 0 Å². The van der Waals surface area contributed by atoms with Crippen LogP contribution in [0.5, 0.6) is 0 Å². The average Bonchev–Trinajstić information content (AvgIpc) is 2.45. The van der Waals surface area contributed by atoms with Gasteiger partial charge >= 0.3 is 5.97 Å². The number of halogens is 1. The number of hydrogen-bond donors (Lipinski definition) is 2. The third kappa shape index (κ3) is 3.32. The van der Waals surface area contributed by atoms with Gasteiger partial charge in [-0.15, -0.1) is 0 Å². The molecule has 0 aliphatic rings. The molecule has 0 fully saturated rings. The number of carbonyl (C=O) groups is 2. The average molecular weight is 305 g/mol. The first-order valence-corrected chi connectivity index (χ1v) is 6.52. The van der Waals surface area contributed by atoms with Crippen molar-refractivity contribution in [3.8, 4) is 0 Å². The molecule has 0 aliphatic carbocycles. The molecule has 0 aliphatic heterocycles. The van der Waals surface area contributed by atoms with Crippen LogP contribution in [0.4, 0.5) is 11.4 Å². The number of para-hydroxylation sites is 2. The summed E-state index contributed by atoms with van der Waals surface area (Å²) in [6, 6.07) is 13.4. The summed E-state index contributed by atoms with van der Waals surface area (Å²) in [4.78, 5) is 23.2. The zero-order valence-corrected chi connectivity index (χ0v) is 12.0. The summed E-state index contributed by atoms with van der Waals surface area (Å²) in [5.74, 6) is -1.54. The first-order valence-electron chi connectivity index (χ1n) is 6.15. The summed E-state index contributed by atoms with van der Waals surface area (Å²) in [5, 5.41) is 10.6. The quantitative estimate of drug-likeness (QED) is 0.849. The van der Waals surface area contributed by atoms with Gasteiger partial charge in [0.25, 0.3) is 0 Å². The van der Waals surface area contributed by atoms with Crippen molar-refractivity contribution in [1.29, 1.82) is 0 Å². The van der Waals surface area contributed by atoms with Gasteiger partial charge in [-0.2, -0.15) is 0 Å². The van der Waals surface area contributed by atoms with Crippen molar-refractivity contribution in [1.82, 2.24) is 0 Å². The molecule has 0 saturated carbocycles. The number of nitrogens with one attached hydrogen (secondary N) is 1. The maximum Gasteiger partial charge on any atom is 0.337 e. The van der Waals surface area contributed by atoms with Gasteiger partial charge in [-0.1, -0.05) is 35.9 Å². The number of carboxylic acid groups (broad SMARTS) is 1. The number of carbonyl (C=O) groups excluding carboxylic acids is 1. The number of carboxylic acids is 1. The summed E-state index contributed by atoms with van der Waals surface area (Å²) in [5.41, 5.74) is 3.57. The van der Waals surface area contributed by atoms with Gasteiger partial charge in [0.2, 0.25) is 5.91 Å². The molecule has 2 aromatic rings. The second kappa shape index (κ2) is 6.28. The molecule has 0 unspecified atom stereocenters. The molecule has 0 bridgehead atoms. The molecular formula is C15H13ClN2O3. The molecule has 108 valence electrons. The lowest BCUT2D eigenvalue weighted by atomic mass is 10.1. The topological polar surface area (TPSA) is 69.6 Å². The Labute approximate surface area is 126 Å². The van der Waals surface area contributed by atoms with Crippen molar-refractivity contribution in [2.24, 2.45) is 0 Å². The molecule has 0 radical (unpaired) electrons. The molecule has 0 spiro atoms. The van der Waals surface area contributed by atoms with Crippen LogP contribution in [0.2, 0.25) is 5.02 Å². The summed E-state index contributed by atoms with van der Waals surface area (Å²) >= 11 is 6.08. The van der Waals surface area contributed by atoms with E-state index in [1.165, 1.54) is 25.1 Å². The Bertz CT molecular complexity index is 674. The smallest absolute Gasteiger partial charge is 0.337 e. The lowest BCUT2D eigenvalue weighted by Gasteiger charge is -2.25. The van der Waals surface area contributed by atoms with Gasteiger partial charge in [0.05, 0.1) is 22.0 Å². The summed E-state index contributed by atoms with van der Waals surface area (Å²) in [6.45, 7) is 1.32. The van der Waals surface area contributed by atoms with Gasteiger partial charge in [0.15, 0.2) is 0 Å². The van der Waals surface area contributed by atoms with E-state index in [4.69, 9.17) is 11.6 Å². The van der Waals surface area contributed by atoms with Crippen LogP contribution in [0.1, 0.15) is 17.3 Å². The van der Waals surface area contributed by atoms with E-state index in [1.807, 2.05) is 6.07 Å². The Kier molecular flexibility index (Phi) is 4.45. The van der Waals surface area contributed by atoms with Crippen LogP contribution in [0, 0.1) is 0 Å². The van der Waals surface area contributed by atoms with Crippen molar-refractivity contribution in [2.45, 2.75) is 6.92 Å². The minimum atomic E-state index is -1.16. The minimum Gasteiger partial charge on any atom is -0.478 e. The predicted molar refractivity (Wildman–Crippen MR) is 81.6 cm³/mol. The Morgan fingerprint density at radius 3 is 2.33 bits per heavy atom. The van der Waals surface area contributed by atoms with Crippen LogP contribution in [-0.2, 0) is 4.79 Å². The largest absolute Gasteiger partial charge is 0.478 e. The van der Waals surface area contributed by atoms with Crippen molar-refractivity contribution >= 4 is 34.9 Å². The molecule has 1 amide bonds. The van der Waals surface area contributed by atoms with Gasteiger partial charge in [-0.3, -0.25) is 10.2 Å². The highest BCUT2D eigenvalue weighted by atomic mass is 35.5. The number of rotatable bonds is 4. The molecule has 5 nitrogen and oxygen atoms in total. The molecule has 2 rings (SSSR count). The van der Waals surface area contributed by atoms with Crippen molar-refractivity contribution in [2.75, 3.05) is 10.4 Å². The van der Waals surface area contributed by atoms with Crippen LogP contribution < -0.4 is 10.4 Å². The fraction of sp³-hybridized carbons (Fsp3) is 0.0667. The number of anilines is 2. The fourth-order valence-electron chi connectivity index (χ4n) is 1.85. The predicted octanol–water partition coefficient (Wildman–Crippen LogP) is 3.42. The van der Waals surface area contributed by atoms with E-state index in [-0.39, 0.29) is 22.2 Å². The Balaban J connectivity index is 2.49. The van der Waals surface area contributed by atoms with Crippen molar-refractivity contribution in [3.05, 3.63) is 59.1 Å². The highest BCUT2D eigenvalue weighted by Crippen LogP contribution is 2.30. The van der Waals surface area contributed by atoms with E-state index in [0.29, 0.717) is 5.69 Å². The maximum atomic E-state index is 11.9. The lowest BCUT2D eigenvalue weighted by molar-refractivity contribution is -0.116. The molecule has 0 heterocycles. The summed E-state index contributed by atoms with van der Waals surface area (Å²) in [6.07, 6.45) is 0.